The Morgan fingerprint density at radius 2 is 1.52 bits per heavy atom. The largest absolute Gasteiger partial charge is 0.497 e. The summed E-state index contributed by atoms with van der Waals surface area (Å²) in [5.74, 6) is 2.43. The van der Waals surface area contributed by atoms with Crippen molar-refractivity contribution in [2.75, 3.05) is 13.9 Å². The van der Waals surface area contributed by atoms with Crippen LogP contribution in [0.1, 0.15) is 0 Å². The monoisotopic (exact) mass is 306 g/mol. The maximum Gasteiger partial charge on any atom is 0.231 e. The summed E-state index contributed by atoms with van der Waals surface area (Å²) in [6.07, 6.45) is 0. The van der Waals surface area contributed by atoms with Gasteiger partial charge in [-0.25, -0.2) is 0 Å². The van der Waals surface area contributed by atoms with Gasteiger partial charge in [-0.3, -0.25) is 0 Å². The first-order valence-electron chi connectivity index (χ1n) is 7.40. The molecule has 0 atom stereocenters. The van der Waals surface area contributed by atoms with Crippen molar-refractivity contribution < 1.29 is 14.2 Å². The van der Waals surface area contributed by atoms with Gasteiger partial charge in [0.25, 0.3) is 0 Å². The van der Waals surface area contributed by atoms with E-state index in [9.17, 15) is 0 Å². The van der Waals surface area contributed by atoms with Gasteiger partial charge in [-0.1, -0.05) is 0 Å². The molecule has 5 rings (SSSR count). The summed E-state index contributed by atoms with van der Waals surface area (Å²) in [6.45, 7) is 0.290. The maximum atomic E-state index is 5.44. The average Bonchev–Trinajstić information content (AvgIpc) is 3.27. The van der Waals surface area contributed by atoms with Crippen LogP contribution in [0.15, 0.2) is 42.5 Å². The number of aromatic amines is 2. The van der Waals surface area contributed by atoms with Gasteiger partial charge in [0.2, 0.25) is 6.79 Å². The lowest BCUT2D eigenvalue weighted by molar-refractivity contribution is 0.174. The molecule has 2 N–H and O–H groups in total. The van der Waals surface area contributed by atoms with Crippen molar-refractivity contribution in [1.82, 2.24) is 9.97 Å². The number of H-pyrrole nitrogens is 2. The van der Waals surface area contributed by atoms with Gasteiger partial charge in [0.05, 0.1) is 18.5 Å². The van der Waals surface area contributed by atoms with Crippen molar-refractivity contribution >= 4 is 21.8 Å². The number of ether oxygens (including phenoxy) is 3. The lowest BCUT2D eigenvalue weighted by Gasteiger charge is -1.97. The van der Waals surface area contributed by atoms with E-state index in [0.717, 1.165) is 50.4 Å². The van der Waals surface area contributed by atoms with Gasteiger partial charge >= 0.3 is 0 Å². The van der Waals surface area contributed by atoms with Gasteiger partial charge in [0.1, 0.15) is 5.75 Å². The molecule has 0 fully saturated rings. The number of rotatable bonds is 2. The SMILES string of the molecule is COc1ccc2[nH]c(-c3cc4cc5c(cc4[nH]3)OCO5)cc2c1. The smallest absolute Gasteiger partial charge is 0.231 e. The van der Waals surface area contributed by atoms with Gasteiger partial charge in [0.15, 0.2) is 11.5 Å². The molecule has 0 bridgehead atoms. The fourth-order valence-corrected chi connectivity index (χ4v) is 3.05. The third-order valence-corrected chi connectivity index (χ3v) is 4.23. The highest BCUT2D eigenvalue weighted by molar-refractivity contribution is 5.92. The van der Waals surface area contributed by atoms with E-state index in [0.29, 0.717) is 6.79 Å². The predicted octanol–water partition coefficient (Wildman–Crippen LogP) is 4.05. The number of aromatic nitrogens is 2. The van der Waals surface area contributed by atoms with Crippen molar-refractivity contribution in [2.24, 2.45) is 0 Å². The van der Waals surface area contributed by atoms with Crippen molar-refractivity contribution in [3.05, 3.63) is 42.5 Å². The highest BCUT2D eigenvalue weighted by atomic mass is 16.7. The molecule has 5 heteroatoms. The lowest BCUT2D eigenvalue weighted by atomic mass is 10.2. The van der Waals surface area contributed by atoms with Gasteiger partial charge in [-0.05, 0) is 36.4 Å². The standard InChI is InChI=1S/C18H14N2O3/c1-21-12-2-3-13-10(4-12)5-15(19-13)16-6-11-7-17-18(23-9-22-17)8-14(11)20-16/h2-8,19-20H,9H2,1H3. The summed E-state index contributed by atoms with van der Waals surface area (Å²) in [4.78, 5) is 6.87. The van der Waals surface area contributed by atoms with Crippen LogP contribution in [0.2, 0.25) is 0 Å². The lowest BCUT2D eigenvalue weighted by Crippen LogP contribution is -1.92. The quantitative estimate of drug-likeness (QED) is 0.587. The Hall–Kier alpha value is -3.08. The van der Waals surface area contributed by atoms with Crippen molar-refractivity contribution in [1.29, 1.82) is 0 Å². The second-order valence-electron chi connectivity index (χ2n) is 5.61. The van der Waals surface area contributed by atoms with Crippen molar-refractivity contribution in [3.8, 4) is 28.6 Å². The molecular formula is C18H14N2O3. The van der Waals surface area contributed by atoms with Crippen LogP contribution in [-0.4, -0.2) is 23.9 Å². The van der Waals surface area contributed by atoms with Crippen LogP contribution in [0.4, 0.5) is 0 Å². The number of nitrogens with one attached hydrogen (secondary N) is 2. The molecule has 5 nitrogen and oxygen atoms in total. The Balaban J connectivity index is 1.64. The van der Waals surface area contributed by atoms with Gasteiger partial charge in [-0.2, -0.15) is 0 Å². The third kappa shape index (κ3) is 1.86. The fraction of sp³-hybridized carbons (Fsp3) is 0.111. The Morgan fingerprint density at radius 1 is 0.826 bits per heavy atom. The van der Waals surface area contributed by atoms with E-state index < -0.39 is 0 Å². The summed E-state index contributed by atoms with van der Waals surface area (Å²) >= 11 is 0. The first kappa shape index (κ1) is 12.5. The van der Waals surface area contributed by atoms with E-state index in [1.165, 1.54) is 0 Å². The zero-order chi connectivity index (χ0) is 15.4. The summed E-state index contributed by atoms with van der Waals surface area (Å²) in [6, 6.07) is 14.2. The molecule has 0 aliphatic carbocycles. The van der Waals surface area contributed by atoms with E-state index in [1.807, 2.05) is 30.3 Å². The van der Waals surface area contributed by atoms with Gasteiger partial charge in [0, 0.05) is 27.9 Å². The molecular weight excluding hydrogens is 292 g/mol. The molecule has 23 heavy (non-hydrogen) atoms. The Kier molecular flexibility index (Phi) is 2.42. The minimum absolute atomic E-state index is 0.290. The highest BCUT2D eigenvalue weighted by Crippen LogP contribution is 2.37. The van der Waals surface area contributed by atoms with Crippen LogP contribution < -0.4 is 14.2 Å². The topological polar surface area (TPSA) is 59.3 Å². The number of hydrogen-bond acceptors (Lipinski definition) is 3. The maximum absolute atomic E-state index is 5.44. The van der Waals surface area contributed by atoms with E-state index in [-0.39, 0.29) is 0 Å². The second-order valence-corrected chi connectivity index (χ2v) is 5.61. The molecule has 2 aromatic heterocycles. The normalized spacial score (nSPS) is 13.1. The molecule has 0 unspecified atom stereocenters. The summed E-state index contributed by atoms with van der Waals surface area (Å²) < 4.78 is 16.1. The zero-order valence-electron chi connectivity index (χ0n) is 12.5. The molecule has 0 radical (unpaired) electrons. The van der Waals surface area contributed by atoms with E-state index in [2.05, 4.69) is 22.1 Å². The molecule has 0 amide bonds. The zero-order valence-corrected chi connectivity index (χ0v) is 12.5. The number of benzene rings is 2. The van der Waals surface area contributed by atoms with Crippen LogP contribution in [0, 0.1) is 0 Å². The molecule has 1 aliphatic heterocycles. The van der Waals surface area contributed by atoms with Crippen LogP contribution in [-0.2, 0) is 0 Å². The van der Waals surface area contributed by atoms with Crippen LogP contribution in [0.25, 0.3) is 33.2 Å². The molecule has 4 aromatic rings. The van der Waals surface area contributed by atoms with Crippen LogP contribution in [0.5, 0.6) is 17.2 Å². The molecule has 2 aromatic carbocycles. The van der Waals surface area contributed by atoms with Crippen molar-refractivity contribution in [2.45, 2.75) is 0 Å². The number of methoxy groups -OCH3 is 1. The second kappa shape index (κ2) is 4.46. The minimum Gasteiger partial charge on any atom is -0.497 e. The van der Waals surface area contributed by atoms with Gasteiger partial charge < -0.3 is 24.2 Å². The molecule has 0 spiro atoms. The van der Waals surface area contributed by atoms with Gasteiger partial charge in [-0.15, -0.1) is 0 Å². The summed E-state index contributed by atoms with van der Waals surface area (Å²) in [7, 11) is 1.68. The average molecular weight is 306 g/mol. The third-order valence-electron chi connectivity index (χ3n) is 4.23. The predicted molar refractivity (Wildman–Crippen MR) is 88.3 cm³/mol. The molecule has 114 valence electrons. The highest BCUT2D eigenvalue weighted by Gasteiger charge is 2.16. The summed E-state index contributed by atoms with van der Waals surface area (Å²) in [5.41, 5.74) is 4.17. The number of fused-ring (bicyclic) bond motifs is 3. The summed E-state index contributed by atoms with van der Waals surface area (Å²) in [5, 5.41) is 2.22. The first-order valence-corrected chi connectivity index (χ1v) is 7.40. The minimum atomic E-state index is 0.290. The van der Waals surface area contributed by atoms with Crippen molar-refractivity contribution in [3.63, 3.8) is 0 Å². The van der Waals surface area contributed by atoms with E-state index >= 15 is 0 Å². The Labute approximate surface area is 131 Å². The van der Waals surface area contributed by atoms with Crippen LogP contribution in [0.3, 0.4) is 0 Å². The number of hydrogen-bond donors (Lipinski definition) is 2. The first-order chi connectivity index (χ1) is 11.3. The Bertz CT molecular complexity index is 1000. The Morgan fingerprint density at radius 3 is 2.30 bits per heavy atom. The van der Waals surface area contributed by atoms with E-state index in [1.54, 1.807) is 7.11 Å². The molecule has 0 saturated carbocycles. The molecule has 1 aliphatic rings. The molecule has 0 saturated heterocycles. The van der Waals surface area contributed by atoms with Crippen LogP contribution >= 0.6 is 0 Å². The van der Waals surface area contributed by atoms with E-state index in [4.69, 9.17) is 14.2 Å². The molecule has 3 heterocycles. The fourth-order valence-electron chi connectivity index (χ4n) is 3.05.